The Morgan fingerprint density at radius 1 is 1.37 bits per heavy atom. The van der Waals surface area contributed by atoms with Crippen LogP contribution in [-0.2, 0) is 18.6 Å². The highest BCUT2D eigenvalue weighted by Crippen LogP contribution is 2.26. The van der Waals surface area contributed by atoms with Crippen LogP contribution in [0, 0.1) is 12.8 Å². The third kappa shape index (κ3) is 3.93. The number of hydrogen-bond donors (Lipinski definition) is 1. The van der Waals surface area contributed by atoms with Crippen molar-refractivity contribution in [3.05, 3.63) is 22.8 Å². The first-order valence-corrected chi connectivity index (χ1v) is 8.47. The largest absolute Gasteiger partial charge is 0.319 e. The normalized spacial score (nSPS) is 18.4. The highest BCUT2D eigenvalue weighted by molar-refractivity contribution is 7.98. The second kappa shape index (κ2) is 7.25. The lowest BCUT2D eigenvalue weighted by atomic mass is 9.86. The van der Waals surface area contributed by atoms with Crippen molar-refractivity contribution >= 4 is 11.8 Å². The van der Waals surface area contributed by atoms with E-state index in [9.17, 15) is 0 Å². The highest BCUT2D eigenvalue weighted by atomic mass is 32.2. The van der Waals surface area contributed by atoms with Crippen LogP contribution in [0.2, 0.25) is 0 Å². The Bertz CT molecular complexity index is 420. The topological polar surface area (TPSA) is 37.8 Å². The molecule has 1 unspecified atom stereocenters. The summed E-state index contributed by atoms with van der Waals surface area (Å²) < 4.78 is 0. The number of hydrogen-bond acceptors (Lipinski definition) is 4. The second-order valence-electron chi connectivity index (χ2n) is 5.37. The zero-order valence-electron chi connectivity index (χ0n) is 12.3. The maximum Gasteiger partial charge on any atom is 0.138 e. The van der Waals surface area contributed by atoms with Gasteiger partial charge in [-0.25, -0.2) is 9.97 Å². The number of nitrogens with zero attached hydrogens (tertiary/aromatic N) is 2. The molecule has 0 saturated heterocycles. The lowest BCUT2D eigenvalue weighted by molar-refractivity contribution is 0.432. The van der Waals surface area contributed by atoms with Crippen LogP contribution in [0.1, 0.15) is 42.5 Å². The Morgan fingerprint density at radius 3 is 2.95 bits per heavy atom. The molecule has 106 valence electrons. The number of rotatable bonds is 6. The molecule has 0 radical (unpaired) electrons. The fourth-order valence-corrected chi connectivity index (χ4v) is 3.50. The molecule has 2 rings (SSSR count). The van der Waals surface area contributed by atoms with Gasteiger partial charge in [0.1, 0.15) is 5.82 Å². The van der Waals surface area contributed by atoms with E-state index >= 15 is 0 Å². The molecule has 1 atom stereocenters. The van der Waals surface area contributed by atoms with Gasteiger partial charge in [-0.2, -0.15) is 11.8 Å². The fourth-order valence-electron chi connectivity index (χ4n) is 2.76. The van der Waals surface area contributed by atoms with Crippen molar-refractivity contribution in [2.45, 2.75) is 45.3 Å². The standard InChI is InChI=1S/C15H25N3S/c1-4-7-19-10-15-17-11(2)13-8-12(9-16-3)5-6-14(13)18-15/h12,16H,4-10H2,1-3H3. The Morgan fingerprint density at radius 2 is 2.21 bits per heavy atom. The lowest BCUT2D eigenvalue weighted by Crippen LogP contribution is -2.26. The quantitative estimate of drug-likeness (QED) is 0.813. The second-order valence-corrected chi connectivity index (χ2v) is 6.47. The fraction of sp³-hybridized carbons (Fsp3) is 0.733. The lowest BCUT2D eigenvalue weighted by Gasteiger charge is -2.25. The summed E-state index contributed by atoms with van der Waals surface area (Å²) in [5, 5.41) is 3.29. The van der Waals surface area contributed by atoms with Crippen LogP contribution in [0.5, 0.6) is 0 Å². The minimum absolute atomic E-state index is 0.750. The molecule has 1 aliphatic rings. The third-order valence-electron chi connectivity index (χ3n) is 3.70. The summed E-state index contributed by atoms with van der Waals surface area (Å²) in [6.07, 6.45) is 4.74. The van der Waals surface area contributed by atoms with Gasteiger partial charge in [0.15, 0.2) is 0 Å². The Kier molecular flexibility index (Phi) is 5.64. The maximum absolute atomic E-state index is 4.79. The summed E-state index contributed by atoms with van der Waals surface area (Å²) in [5.74, 6) is 3.94. The minimum atomic E-state index is 0.750. The van der Waals surface area contributed by atoms with Crippen molar-refractivity contribution in [3.8, 4) is 0 Å². The van der Waals surface area contributed by atoms with Gasteiger partial charge >= 0.3 is 0 Å². The zero-order chi connectivity index (χ0) is 13.7. The van der Waals surface area contributed by atoms with E-state index in [0.29, 0.717) is 0 Å². The van der Waals surface area contributed by atoms with E-state index in [-0.39, 0.29) is 0 Å². The number of nitrogens with one attached hydrogen (secondary N) is 1. The molecule has 1 heterocycles. The van der Waals surface area contributed by atoms with E-state index in [2.05, 4.69) is 19.2 Å². The summed E-state index contributed by atoms with van der Waals surface area (Å²) in [7, 11) is 2.03. The Hall–Kier alpha value is -0.610. The molecule has 0 bridgehead atoms. The predicted octanol–water partition coefficient (Wildman–Crippen LogP) is 2.75. The van der Waals surface area contributed by atoms with Crippen molar-refractivity contribution in [1.82, 2.24) is 15.3 Å². The molecule has 0 amide bonds. The van der Waals surface area contributed by atoms with Gasteiger partial charge in [0.2, 0.25) is 0 Å². The van der Waals surface area contributed by atoms with Crippen LogP contribution >= 0.6 is 11.8 Å². The number of aromatic nitrogens is 2. The van der Waals surface area contributed by atoms with Crippen molar-refractivity contribution in [2.75, 3.05) is 19.3 Å². The monoisotopic (exact) mass is 279 g/mol. The zero-order valence-corrected chi connectivity index (χ0v) is 13.1. The van der Waals surface area contributed by atoms with Gasteiger partial charge in [0, 0.05) is 11.4 Å². The molecule has 4 heteroatoms. The van der Waals surface area contributed by atoms with Crippen LogP contribution < -0.4 is 5.32 Å². The molecule has 0 spiro atoms. The van der Waals surface area contributed by atoms with Gasteiger partial charge in [-0.1, -0.05) is 6.92 Å². The van der Waals surface area contributed by atoms with E-state index < -0.39 is 0 Å². The van der Waals surface area contributed by atoms with E-state index in [1.165, 1.54) is 35.5 Å². The molecule has 1 aliphatic carbocycles. The van der Waals surface area contributed by atoms with Crippen molar-refractivity contribution in [3.63, 3.8) is 0 Å². The summed E-state index contributed by atoms with van der Waals surface area (Å²) in [4.78, 5) is 9.49. The Labute approximate surface area is 121 Å². The number of aryl methyl sites for hydroxylation is 2. The number of fused-ring (bicyclic) bond motifs is 1. The summed E-state index contributed by atoms with van der Waals surface area (Å²) >= 11 is 1.94. The molecular formula is C15H25N3S. The van der Waals surface area contributed by atoms with Crippen LogP contribution in [0.15, 0.2) is 0 Å². The van der Waals surface area contributed by atoms with Gasteiger partial charge in [-0.3, -0.25) is 0 Å². The first-order chi connectivity index (χ1) is 9.24. The average molecular weight is 279 g/mol. The van der Waals surface area contributed by atoms with Crippen LogP contribution in [0.3, 0.4) is 0 Å². The van der Waals surface area contributed by atoms with Crippen LogP contribution in [0.25, 0.3) is 0 Å². The van der Waals surface area contributed by atoms with Gasteiger partial charge in [-0.15, -0.1) is 0 Å². The predicted molar refractivity (Wildman–Crippen MR) is 82.7 cm³/mol. The third-order valence-corrected chi connectivity index (χ3v) is 4.86. The van der Waals surface area contributed by atoms with Crippen molar-refractivity contribution < 1.29 is 0 Å². The molecule has 0 aromatic carbocycles. The van der Waals surface area contributed by atoms with E-state index in [4.69, 9.17) is 9.97 Å². The Balaban J connectivity index is 2.08. The molecule has 0 aliphatic heterocycles. The SMILES string of the molecule is CCCSCc1nc(C)c2c(n1)CCC(CNC)C2. The van der Waals surface area contributed by atoms with Crippen molar-refractivity contribution in [2.24, 2.45) is 5.92 Å². The summed E-state index contributed by atoms with van der Waals surface area (Å²) in [5.41, 5.74) is 3.93. The van der Waals surface area contributed by atoms with Gasteiger partial charge in [0.05, 0.1) is 5.75 Å². The average Bonchev–Trinajstić information content (AvgIpc) is 2.40. The first-order valence-electron chi connectivity index (χ1n) is 7.32. The summed E-state index contributed by atoms with van der Waals surface area (Å²) in [6, 6.07) is 0. The molecule has 0 saturated carbocycles. The molecule has 1 aromatic heterocycles. The van der Waals surface area contributed by atoms with Gasteiger partial charge in [0.25, 0.3) is 0 Å². The molecular weight excluding hydrogens is 254 g/mol. The van der Waals surface area contributed by atoms with Crippen molar-refractivity contribution in [1.29, 1.82) is 0 Å². The van der Waals surface area contributed by atoms with E-state index in [1.807, 2.05) is 18.8 Å². The molecule has 3 nitrogen and oxygen atoms in total. The number of thioether (sulfide) groups is 1. The van der Waals surface area contributed by atoms with Crippen LogP contribution in [-0.4, -0.2) is 29.3 Å². The van der Waals surface area contributed by atoms with Gasteiger partial charge in [-0.05, 0) is 63.4 Å². The molecule has 1 aromatic rings. The smallest absolute Gasteiger partial charge is 0.138 e. The first kappa shape index (κ1) is 14.8. The molecule has 1 N–H and O–H groups in total. The molecule has 19 heavy (non-hydrogen) atoms. The van der Waals surface area contributed by atoms with Crippen LogP contribution in [0.4, 0.5) is 0 Å². The summed E-state index contributed by atoms with van der Waals surface area (Å²) in [6.45, 7) is 5.47. The van der Waals surface area contributed by atoms with E-state index in [1.54, 1.807) is 0 Å². The minimum Gasteiger partial charge on any atom is -0.319 e. The molecule has 0 fully saturated rings. The highest BCUT2D eigenvalue weighted by Gasteiger charge is 2.22. The maximum atomic E-state index is 4.79. The van der Waals surface area contributed by atoms with E-state index in [0.717, 1.165) is 36.9 Å². The van der Waals surface area contributed by atoms with Gasteiger partial charge < -0.3 is 5.32 Å².